The lowest BCUT2D eigenvalue weighted by atomic mass is 10.1. The summed E-state index contributed by atoms with van der Waals surface area (Å²) < 4.78 is 34.5. The SMILES string of the molecule is CCNC(=O)C(C)N(Cc1ccccc1Cl)C(=O)CN(c1ccccc1OCC)S(=O)(=O)c1ccccc1. The summed E-state index contributed by atoms with van der Waals surface area (Å²) in [6.45, 7) is 5.31. The summed E-state index contributed by atoms with van der Waals surface area (Å²) in [5, 5.41) is 3.16. The Morgan fingerprint density at radius 1 is 0.947 bits per heavy atom. The number of amides is 2. The molecular formula is C28H32ClN3O5S. The van der Waals surface area contributed by atoms with Crippen molar-refractivity contribution in [1.82, 2.24) is 10.2 Å². The van der Waals surface area contributed by atoms with Crippen molar-refractivity contribution in [3.63, 3.8) is 0 Å². The molecular weight excluding hydrogens is 526 g/mol. The Kier molecular flexibility index (Phi) is 10.2. The first-order chi connectivity index (χ1) is 18.2. The lowest BCUT2D eigenvalue weighted by Gasteiger charge is -2.32. The van der Waals surface area contributed by atoms with Crippen LogP contribution in [0, 0.1) is 0 Å². The molecule has 38 heavy (non-hydrogen) atoms. The number of halogens is 1. The second kappa shape index (κ2) is 13.3. The van der Waals surface area contributed by atoms with E-state index in [9.17, 15) is 18.0 Å². The Morgan fingerprint density at radius 3 is 2.24 bits per heavy atom. The lowest BCUT2D eigenvalue weighted by molar-refractivity contribution is -0.139. The molecule has 0 radical (unpaired) electrons. The van der Waals surface area contributed by atoms with Gasteiger partial charge in [0.15, 0.2) is 0 Å². The molecule has 3 aromatic rings. The van der Waals surface area contributed by atoms with Crippen molar-refractivity contribution in [2.24, 2.45) is 0 Å². The van der Waals surface area contributed by atoms with Gasteiger partial charge in [-0.25, -0.2) is 8.42 Å². The van der Waals surface area contributed by atoms with Crippen LogP contribution in [0.25, 0.3) is 0 Å². The van der Waals surface area contributed by atoms with Gasteiger partial charge in [0.2, 0.25) is 11.8 Å². The van der Waals surface area contributed by atoms with E-state index < -0.39 is 28.5 Å². The number of nitrogens with zero attached hydrogens (tertiary/aromatic N) is 2. The zero-order valence-electron chi connectivity index (χ0n) is 21.6. The van der Waals surface area contributed by atoms with Gasteiger partial charge in [0.25, 0.3) is 10.0 Å². The minimum Gasteiger partial charge on any atom is -0.492 e. The van der Waals surface area contributed by atoms with Crippen molar-refractivity contribution in [3.05, 3.63) is 89.4 Å². The van der Waals surface area contributed by atoms with Crippen molar-refractivity contribution in [3.8, 4) is 5.75 Å². The van der Waals surface area contributed by atoms with Gasteiger partial charge in [-0.15, -0.1) is 0 Å². The number of benzene rings is 3. The smallest absolute Gasteiger partial charge is 0.264 e. The summed E-state index contributed by atoms with van der Waals surface area (Å²) in [6.07, 6.45) is 0. The molecule has 202 valence electrons. The quantitative estimate of drug-likeness (QED) is 0.354. The third-order valence-electron chi connectivity index (χ3n) is 5.86. The Labute approximate surface area is 229 Å². The first kappa shape index (κ1) is 29.0. The van der Waals surface area contributed by atoms with Crippen LogP contribution in [0.4, 0.5) is 5.69 Å². The molecule has 0 fully saturated rings. The van der Waals surface area contributed by atoms with Crippen molar-refractivity contribution < 1.29 is 22.7 Å². The maximum Gasteiger partial charge on any atom is 0.264 e. The van der Waals surface area contributed by atoms with E-state index in [0.717, 1.165) is 4.31 Å². The fourth-order valence-corrected chi connectivity index (χ4v) is 5.53. The summed E-state index contributed by atoms with van der Waals surface area (Å²) in [5.74, 6) is -0.619. The molecule has 1 atom stereocenters. The fraction of sp³-hybridized carbons (Fsp3) is 0.286. The van der Waals surface area contributed by atoms with Crippen LogP contribution < -0.4 is 14.4 Å². The molecule has 0 saturated heterocycles. The van der Waals surface area contributed by atoms with Gasteiger partial charge >= 0.3 is 0 Å². The predicted molar refractivity (Wildman–Crippen MR) is 149 cm³/mol. The highest BCUT2D eigenvalue weighted by molar-refractivity contribution is 7.92. The normalized spacial score (nSPS) is 11.9. The topological polar surface area (TPSA) is 96.0 Å². The van der Waals surface area contributed by atoms with Gasteiger partial charge in [-0.2, -0.15) is 0 Å². The van der Waals surface area contributed by atoms with Gasteiger partial charge in [0, 0.05) is 18.1 Å². The summed E-state index contributed by atoms with van der Waals surface area (Å²) >= 11 is 6.37. The van der Waals surface area contributed by atoms with E-state index in [1.807, 2.05) is 0 Å². The Balaban J connectivity index is 2.08. The first-order valence-corrected chi connectivity index (χ1v) is 14.1. The molecule has 3 rings (SSSR count). The standard InChI is InChI=1S/C28H32ClN3O5S/c1-4-30-28(34)21(3)31(19-22-13-9-10-16-24(22)29)27(33)20-32(25-17-11-12-18-26(25)37-5-2)38(35,36)23-14-7-6-8-15-23/h6-18,21H,4-5,19-20H2,1-3H3,(H,30,34). The summed E-state index contributed by atoms with van der Waals surface area (Å²) in [7, 11) is -4.18. The molecule has 1 N–H and O–H groups in total. The molecule has 0 aliphatic rings. The number of hydrogen-bond acceptors (Lipinski definition) is 5. The minimum atomic E-state index is -4.18. The largest absolute Gasteiger partial charge is 0.492 e. The van der Waals surface area contributed by atoms with Crippen LogP contribution in [0.15, 0.2) is 83.8 Å². The average molecular weight is 558 g/mol. The maximum absolute atomic E-state index is 13.9. The second-order valence-corrected chi connectivity index (χ2v) is 10.7. The van der Waals surface area contributed by atoms with Crippen molar-refractivity contribution in [2.75, 3.05) is 24.0 Å². The predicted octanol–water partition coefficient (Wildman–Crippen LogP) is 4.49. The number of para-hydroxylation sites is 2. The Hall–Kier alpha value is -3.56. The number of carbonyl (C=O) groups is 2. The van der Waals surface area contributed by atoms with Crippen molar-refractivity contribution in [2.45, 2.75) is 38.3 Å². The first-order valence-electron chi connectivity index (χ1n) is 12.3. The zero-order valence-corrected chi connectivity index (χ0v) is 23.2. The molecule has 3 aromatic carbocycles. The number of ether oxygens (including phenoxy) is 1. The molecule has 0 aliphatic heterocycles. The highest BCUT2D eigenvalue weighted by Crippen LogP contribution is 2.33. The fourth-order valence-electron chi connectivity index (χ4n) is 3.89. The van der Waals surface area contributed by atoms with Crippen molar-refractivity contribution >= 4 is 39.1 Å². The zero-order chi connectivity index (χ0) is 27.7. The van der Waals surface area contributed by atoms with Gasteiger partial charge in [-0.3, -0.25) is 13.9 Å². The summed E-state index contributed by atoms with van der Waals surface area (Å²) in [4.78, 5) is 28.0. The molecule has 8 nitrogen and oxygen atoms in total. The monoisotopic (exact) mass is 557 g/mol. The van der Waals surface area contributed by atoms with Crippen LogP contribution in [0.5, 0.6) is 5.75 Å². The molecule has 2 amide bonds. The third-order valence-corrected chi connectivity index (χ3v) is 8.00. The van der Waals surface area contributed by atoms with E-state index in [1.165, 1.54) is 17.0 Å². The minimum absolute atomic E-state index is 0.0170. The van der Waals surface area contributed by atoms with Crippen LogP contribution in [0.1, 0.15) is 26.3 Å². The molecule has 0 saturated carbocycles. The number of carbonyl (C=O) groups excluding carboxylic acids is 2. The van der Waals surface area contributed by atoms with E-state index in [1.54, 1.807) is 87.5 Å². The van der Waals surface area contributed by atoms with E-state index >= 15 is 0 Å². The van der Waals surface area contributed by atoms with Crippen LogP contribution in [-0.2, 0) is 26.2 Å². The van der Waals surface area contributed by atoms with Crippen LogP contribution in [0.2, 0.25) is 5.02 Å². The van der Waals surface area contributed by atoms with Crippen LogP contribution in [-0.4, -0.2) is 50.9 Å². The Bertz CT molecular complexity index is 1350. The average Bonchev–Trinajstić information content (AvgIpc) is 2.92. The maximum atomic E-state index is 13.9. The van der Waals surface area contributed by atoms with Gasteiger partial charge in [0.05, 0.1) is 17.2 Å². The summed E-state index contributed by atoms with van der Waals surface area (Å²) in [5.41, 5.74) is 0.848. The van der Waals surface area contributed by atoms with Gasteiger partial charge < -0.3 is 15.0 Å². The summed E-state index contributed by atoms with van der Waals surface area (Å²) in [6, 6.07) is 20.6. The number of nitrogens with one attached hydrogen (secondary N) is 1. The molecule has 0 bridgehead atoms. The van der Waals surface area contributed by atoms with E-state index in [4.69, 9.17) is 16.3 Å². The van der Waals surface area contributed by atoms with Gasteiger partial charge in [-0.1, -0.05) is 60.1 Å². The molecule has 10 heteroatoms. The molecule has 0 heterocycles. The lowest BCUT2D eigenvalue weighted by Crippen LogP contribution is -2.51. The van der Waals surface area contributed by atoms with Gasteiger partial charge in [-0.05, 0) is 56.7 Å². The van der Waals surface area contributed by atoms with E-state index in [2.05, 4.69) is 5.32 Å². The Morgan fingerprint density at radius 2 is 1.58 bits per heavy atom. The van der Waals surface area contributed by atoms with Gasteiger partial charge in [0.1, 0.15) is 18.3 Å². The third kappa shape index (κ3) is 6.85. The van der Waals surface area contributed by atoms with Crippen LogP contribution >= 0.6 is 11.6 Å². The molecule has 0 aliphatic carbocycles. The number of anilines is 1. The molecule has 1 unspecified atom stereocenters. The molecule has 0 aromatic heterocycles. The second-order valence-electron chi connectivity index (χ2n) is 8.41. The number of likely N-dealkylation sites (N-methyl/N-ethyl adjacent to an activating group) is 1. The highest BCUT2D eigenvalue weighted by Gasteiger charge is 2.33. The van der Waals surface area contributed by atoms with E-state index in [-0.39, 0.29) is 23.0 Å². The number of sulfonamides is 1. The number of hydrogen-bond donors (Lipinski definition) is 1. The van der Waals surface area contributed by atoms with Crippen LogP contribution in [0.3, 0.4) is 0 Å². The number of rotatable bonds is 12. The highest BCUT2D eigenvalue weighted by atomic mass is 35.5. The molecule has 0 spiro atoms. The van der Waals surface area contributed by atoms with Crippen molar-refractivity contribution in [1.29, 1.82) is 0 Å². The van der Waals surface area contributed by atoms with E-state index in [0.29, 0.717) is 29.5 Å².